The maximum atomic E-state index is 11.4. The van der Waals surface area contributed by atoms with E-state index < -0.39 is 0 Å². The molecule has 1 aromatic heterocycles. The highest BCUT2D eigenvalue weighted by Crippen LogP contribution is 2.28. The summed E-state index contributed by atoms with van der Waals surface area (Å²) in [5, 5.41) is 0.742. The van der Waals surface area contributed by atoms with Gasteiger partial charge in [-0.2, -0.15) is 0 Å². The number of aromatic nitrogens is 2. The van der Waals surface area contributed by atoms with Gasteiger partial charge < -0.3 is 14.0 Å². The van der Waals surface area contributed by atoms with Gasteiger partial charge in [-0.15, -0.1) is 0 Å². The highest BCUT2D eigenvalue weighted by atomic mass is 35.5. The number of carbonyl (C=O) groups excluding carboxylic acids is 1. The maximum Gasteiger partial charge on any atom is 0.305 e. The molecule has 0 aliphatic carbocycles. The highest BCUT2D eigenvalue weighted by Gasteiger charge is 2.13. The van der Waals surface area contributed by atoms with Crippen LogP contribution in [0.5, 0.6) is 5.75 Å². The van der Waals surface area contributed by atoms with Gasteiger partial charge in [-0.25, -0.2) is 4.98 Å². The number of rotatable bonds is 8. The van der Waals surface area contributed by atoms with Crippen molar-refractivity contribution in [1.29, 1.82) is 0 Å². The number of imidazole rings is 1. The van der Waals surface area contributed by atoms with Crippen molar-refractivity contribution >= 4 is 28.6 Å². The third-order valence-corrected chi connectivity index (χ3v) is 4.96. The van der Waals surface area contributed by atoms with Gasteiger partial charge in [-0.05, 0) is 50.5 Å². The van der Waals surface area contributed by atoms with Crippen LogP contribution in [-0.2, 0) is 16.1 Å². The summed E-state index contributed by atoms with van der Waals surface area (Å²) in [5.74, 6) is 1.51. The number of halogens is 1. The quantitative estimate of drug-likeness (QED) is 0.391. The van der Waals surface area contributed by atoms with Crippen LogP contribution in [0.25, 0.3) is 11.0 Å². The third-order valence-electron chi connectivity index (χ3n) is 4.59. The standard InChI is InChI=1S/C22H25ClN2O3/c1-4-27-21(26)10-7-11-28-18-12-15(2)22-20(13-18)25(16(3)24-22)14-17-8-5-6-9-19(17)23/h5-6,8-9,12-13H,4,7,10-11,14H2,1-3H3. The predicted molar refractivity (Wildman–Crippen MR) is 111 cm³/mol. The summed E-state index contributed by atoms with van der Waals surface area (Å²) >= 11 is 6.34. The smallest absolute Gasteiger partial charge is 0.305 e. The third kappa shape index (κ3) is 4.65. The van der Waals surface area contributed by atoms with Gasteiger partial charge in [-0.3, -0.25) is 4.79 Å². The Hall–Kier alpha value is -2.53. The molecule has 3 rings (SSSR count). The molecule has 3 aromatic rings. The SMILES string of the molecule is CCOC(=O)CCCOc1cc(C)c2nc(C)n(Cc3ccccc3Cl)c2c1. The molecule has 6 heteroatoms. The van der Waals surface area contributed by atoms with E-state index in [1.165, 1.54) is 0 Å². The molecular weight excluding hydrogens is 376 g/mol. The van der Waals surface area contributed by atoms with Crippen LogP contribution in [0.15, 0.2) is 36.4 Å². The second-order valence-corrected chi connectivity index (χ2v) is 7.11. The minimum absolute atomic E-state index is 0.189. The number of benzene rings is 2. The Bertz CT molecular complexity index is 981. The zero-order valence-electron chi connectivity index (χ0n) is 16.5. The van der Waals surface area contributed by atoms with E-state index in [9.17, 15) is 4.79 Å². The maximum absolute atomic E-state index is 11.4. The lowest BCUT2D eigenvalue weighted by Gasteiger charge is -2.11. The van der Waals surface area contributed by atoms with Gasteiger partial charge in [0.15, 0.2) is 0 Å². The van der Waals surface area contributed by atoms with Gasteiger partial charge in [-0.1, -0.05) is 29.8 Å². The van der Waals surface area contributed by atoms with Gasteiger partial charge in [0.05, 0.1) is 30.8 Å². The summed E-state index contributed by atoms with van der Waals surface area (Å²) in [6, 6.07) is 11.8. The molecule has 0 radical (unpaired) electrons. The average molecular weight is 401 g/mol. The molecule has 0 N–H and O–H groups in total. The van der Waals surface area contributed by atoms with Gasteiger partial charge in [0.25, 0.3) is 0 Å². The Morgan fingerprint density at radius 1 is 1.21 bits per heavy atom. The molecule has 1 heterocycles. The van der Waals surface area contributed by atoms with Crippen molar-refractivity contribution in [3.8, 4) is 5.75 Å². The minimum atomic E-state index is -0.189. The number of aryl methyl sites for hydroxylation is 2. The number of ether oxygens (including phenoxy) is 2. The van der Waals surface area contributed by atoms with Crippen LogP contribution >= 0.6 is 11.6 Å². The Labute approximate surface area is 170 Å². The topological polar surface area (TPSA) is 53.4 Å². The molecule has 0 atom stereocenters. The number of esters is 1. The first-order valence-electron chi connectivity index (χ1n) is 9.49. The van der Waals surface area contributed by atoms with E-state index in [0.717, 1.165) is 38.8 Å². The van der Waals surface area contributed by atoms with Crippen LogP contribution in [0.3, 0.4) is 0 Å². The summed E-state index contributed by atoms with van der Waals surface area (Å²) in [5.41, 5.74) is 4.07. The molecule has 0 unspecified atom stereocenters. The molecule has 0 aliphatic rings. The van der Waals surface area contributed by atoms with E-state index in [4.69, 9.17) is 26.1 Å². The van der Waals surface area contributed by atoms with Gasteiger partial charge in [0.2, 0.25) is 0 Å². The molecule has 2 aromatic carbocycles. The highest BCUT2D eigenvalue weighted by molar-refractivity contribution is 6.31. The molecule has 148 valence electrons. The largest absolute Gasteiger partial charge is 0.493 e. The van der Waals surface area contributed by atoms with E-state index >= 15 is 0 Å². The normalized spacial score (nSPS) is 11.0. The first kappa shape index (κ1) is 20.2. The predicted octanol–water partition coefficient (Wildman–Crippen LogP) is 5.08. The van der Waals surface area contributed by atoms with Crippen molar-refractivity contribution in [3.63, 3.8) is 0 Å². The van der Waals surface area contributed by atoms with Gasteiger partial charge >= 0.3 is 5.97 Å². The molecule has 0 bridgehead atoms. The molecule has 5 nitrogen and oxygen atoms in total. The number of nitrogens with zero attached hydrogens (tertiary/aromatic N) is 2. The Morgan fingerprint density at radius 2 is 2.00 bits per heavy atom. The van der Waals surface area contributed by atoms with Crippen LogP contribution in [0.2, 0.25) is 5.02 Å². The number of hydrogen-bond donors (Lipinski definition) is 0. The second kappa shape index (κ2) is 9.11. The molecule has 0 aliphatic heterocycles. The molecule has 0 saturated carbocycles. The minimum Gasteiger partial charge on any atom is -0.493 e. The van der Waals surface area contributed by atoms with Crippen LogP contribution in [0.1, 0.15) is 36.7 Å². The fraction of sp³-hybridized carbons (Fsp3) is 0.364. The summed E-state index contributed by atoms with van der Waals surface area (Å²) in [6.07, 6.45) is 0.979. The molecule has 0 amide bonds. The Morgan fingerprint density at radius 3 is 2.75 bits per heavy atom. The van der Waals surface area contributed by atoms with Crippen molar-refractivity contribution in [1.82, 2.24) is 9.55 Å². The Kier molecular flexibility index (Phi) is 6.57. The summed E-state index contributed by atoms with van der Waals surface area (Å²) in [6.45, 7) is 7.34. The Balaban J connectivity index is 1.79. The van der Waals surface area contributed by atoms with Crippen molar-refractivity contribution in [2.24, 2.45) is 0 Å². The van der Waals surface area contributed by atoms with Crippen LogP contribution in [0.4, 0.5) is 0 Å². The van der Waals surface area contributed by atoms with Crippen molar-refractivity contribution < 1.29 is 14.3 Å². The van der Waals surface area contributed by atoms with Crippen LogP contribution < -0.4 is 4.74 Å². The summed E-state index contributed by atoms with van der Waals surface area (Å²) in [4.78, 5) is 16.2. The van der Waals surface area contributed by atoms with E-state index in [2.05, 4.69) is 4.57 Å². The van der Waals surface area contributed by atoms with Crippen molar-refractivity contribution in [3.05, 3.63) is 58.4 Å². The molecule has 0 fully saturated rings. The zero-order chi connectivity index (χ0) is 20.1. The first-order valence-corrected chi connectivity index (χ1v) is 9.86. The molecule has 0 spiro atoms. The lowest BCUT2D eigenvalue weighted by Crippen LogP contribution is -2.07. The van der Waals surface area contributed by atoms with Crippen LogP contribution in [0, 0.1) is 13.8 Å². The van der Waals surface area contributed by atoms with Crippen molar-refractivity contribution in [2.75, 3.05) is 13.2 Å². The van der Waals surface area contributed by atoms with Gasteiger partial charge in [0.1, 0.15) is 11.6 Å². The van der Waals surface area contributed by atoms with E-state index in [-0.39, 0.29) is 5.97 Å². The summed E-state index contributed by atoms with van der Waals surface area (Å²) in [7, 11) is 0. The fourth-order valence-corrected chi connectivity index (χ4v) is 3.39. The van der Waals surface area contributed by atoms with Gasteiger partial charge in [0, 0.05) is 17.5 Å². The van der Waals surface area contributed by atoms with Crippen LogP contribution in [-0.4, -0.2) is 28.7 Å². The molecule has 0 saturated heterocycles. The number of hydrogen-bond acceptors (Lipinski definition) is 4. The monoisotopic (exact) mass is 400 g/mol. The molecular formula is C22H25ClN2O3. The fourth-order valence-electron chi connectivity index (χ4n) is 3.20. The lowest BCUT2D eigenvalue weighted by molar-refractivity contribution is -0.143. The van der Waals surface area contributed by atoms with E-state index in [1.54, 1.807) is 6.92 Å². The van der Waals surface area contributed by atoms with E-state index in [0.29, 0.717) is 32.6 Å². The molecule has 28 heavy (non-hydrogen) atoms. The number of carbonyl (C=O) groups is 1. The number of fused-ring (bicyclic) bond motifs is 1. The summed E-state index contributed by atoms with van der Waals surface area (Å²) < 4.78 is 13.0. The lowest BCUT2D eigenvalue weighted by atomic mass is 10.2. The average Bonchev–Trinajstić information content (AvgIpc) is 2.97. The second-order valence-electron chi connectivity index (χ2n) is 6.70. The zero-order valence-corrected chi connectivity index (χ0v) is 17.3. The van der Waals surface area contributed by atoms with E-state index in [1.807, 2.05) is 50.2 Å². The van der Waals surface area contributed by atoms with Crippen molar-refractivity contribution in [2.45, 2.75) is 40.2 Å². The first-order chi connectivity index (χ1) is 13.5.